The summed E-state index contributed by atoms with van der Waals surface area (Å²) in [7, 11) is 0. The van der Waals surface area contributed by atoms with E-state index in [1.165, 1.54) is 11.1 Å². The average Bonchev–Trinajstić information content (AvgIpc) is 2.85. The maximum Gasteiger partial charge on any atom is 0.120 e. The number of fused-ring (bicyclic) bond motifs is 1. The van der Waals surface area contributed by atoms with Crippen molar-refractivity contribution in [1.82, 2.24) is 0 Å². The number of aliphatic hydroxyl groups is 1. The van der Waals surface area contributed by atoms with E-state index >= 15 is 0 Å². The Labute approximate surface area is 167 Å². The maximum absolute atomic E-state index is 11.0. The zero-order chi connectivity index (χ0) is 19.5. The maximum atomic E-state index is 11.0. The van der Waals surface area contributed by atoms with Gasteiger partial charge in [0.2, 0.25) is 0 Å². The minimum absolute atomic E-state index is 0.0139. The summed E-state index contributed by atoms with van der Waals surface area (Å²) in [4.78, 5) is 2.30. The highest BCUT2D eigenvalue weighted by Crippen LogP contribution is 2.33. The van der Waals surface area contributed by atoms with Gasteiger partial charge in [0.15, 0.2) is 0 Å². The Morgan fingerprint density at radius 2 is 1.75 bits per heavy atom. The third kappa shape index (κ3) is 3.90. The van der Waals surface area contributed by atoms with E-state index in [1.54, 1.807) is 0 Å². The second-order valence-corrected chi connectivity index (χ2v) is 7.60. The van der Waals surface area contributed by atoms with Crippen molar-refractivity contribution in [3.05, 3.63) is 95.1 Å². The van der Waals surface area contributed by atoms with Gasteiger partial charge < -0.3 is 14.7 Å². The number of nitrogens with zero attached hydrogens (tertiary/aromatic N) is 1. The summed E-state index contributed by atoms with van der Waals surface area (Å²) in [5.74, 6) is 0.853. The Balaban J connectivity index is 1.53. The first kappa shape index (κ1) is 18.6. The molecule has 0 saturated heterocycles. The quantitative estimate of drug-likeness (QED) is 0.694. The molecular weight excluding hydrogens is 346 g/mol. The predicted molar refractivity (Wildman–Crippen MR) is 114 cm³/mol. The van der Waals surface area contributed by atoms with Gasteiger partial charge in [-0.25, -0.2) is 0 Å². The summed E-state index contributed by atoms with van der Waals surface area (Å²) in [5.41, 5.74) is 5.73. The van der Waals surface area contributed by atoms with Gasteiger partial charge in [-0.2, -0.15) is 0 Å². The molecule has 0 amide bonds. The highest BCUT2D eigenvalue weighted by atomic mass is 16.5. The highest BCUT2D eigenvalue weighted by molar-refractivity contribution is 5.51. The van der Waals surface area contributed by atoms with Crippen molar-refractivity contribution in [2.45, 2.75) is 39.0 Å². The van der Waals surface area contributed by atoms with E-state index in [0.717, 1.165) is 35.5 Å². The molecule has 0 bridgehead atoms. The lowest BCUT2D eigenvalue weighted by molar-refractivity contribution is 0.151. The Morgan fingerprint density at radius 3 is 2.50 bits per heavy atom. The van der Waals surface area contributed by atoms with E-state index in [9.17, 15) is 5.11 Å². The Bertz CT molecular complexity index is 921. The summed E-state index contributed by atoms with van der Waals surface area (Å²) < 4.78 is 5.99. The normalized spacial score (nSPS) is 19.0. The molecule has 144 valence electrons. The molecule has 1 heterocycles. The van der Waals surface area contributed by atoms with E-state index in [1.807, 2.05) is 30.3 Å². The third-order valence-corrected chi connectivity index (χ3v) is 5.62. The van der Waals surface area contributed by atoms with Crippen LogP contribution in [0.25, 0.3) is 0 Å². The lowest BCUT2D eigenvalue weighted by atomic mass is 9.97. The van der Waals surface area contributed by atoms with Crippen LogP contribution in [0.5, 0.6) is 5.75 Å². The van der Waals surface area contributed by atoms with Crippen LogP contribution < -0.4 is 9.64 Å². The van der Waals surface area contributed by atoms with Crippen LogP contribution in [0.1, 0.15) is 35.3 Å². The van der Waals surface area contributed by atoms with Gasteiger partial charge in [0.25, 0.3) is 0 Å². The third-order valence-electron chi connectivity index (χ3n) is 5.62. The molecule has 0 radical (unpaired) electrons. The molecule has 0 aromatic heterocycles. The minimum atomic E-state index is -0.526. The number of hydrogen-bond acceptors (Lipinski definition) is 3. The van der Waals surface area contributed by atoms with E-state index in [0.29, 0.717) is 6.61 Å². The predicted octanol–water partition coefficient (Wildman–Crippen LogP) is 5.06. The van der Waals surface area contributed by atoms with Crippen LogP contribution in [0, 0.1) is 6.92 Å². The van der Waals surface area contributed by atoms with Gasteiger partial charge in [-0.1, -0.05) is 54.1 Å². The summed E-state index contributed by atoms with van der Waals surface area (Å²) >= 11 is 0. The van der Waals surface area contributed by atoms with Gasteiger partial charge in [0.1, 0.15) is 12.4 Å². The first-order valence-corrected chi connectivity index (χ1v) is 9.93. The van der Waals surface area contributed by atoms with E-state index in [-0.39, 0.29) is 6.04 Å². The van der Waals surface area contributed by atoms with E-state index in [4.69, 9.17) is 4.74 Å². The van der Waals surface area contributed by atoms with Crippen molar-refractivity contribution in [2.75, 3.05) is 11.4 Å². The topological polar surface area (TPSA) is 32.7 Å². The van der Waals surface area contributed by atoms with Crippen LogP contribution in [0.4, 0.5) is 5.69 Å². The molecule has 1 aliphatic heterocycles. The van der Waals surface area contributed by atoms with Crippen molar-refractivity contribution in [3.63, 3.8) is 0 Å². The highest BCUT2D eigenvalue weighted by Gasteiger charge is 2.28. The molecule has 28 heavy (non-hydrogen) atoms. The molecule has 3 aromatic rings. The Morgan fingerprint density at radius 1 is 1.00 bits per heavy atom. The average molecular weight is 373 g/mol. The van der Waals surface area contributed by atoms with Crippen molar-refractivity contribution in [1.29, 1.82) is 0 Å². The van der Waals surface area contributed by atoms with Crippen molar-refractivity contribution in [3.8, 4) is 5.75 Å². The number of aliphatic hydroxyl groups excluding tert-OH is 1. The zero-order valence-electron chi connectivity index (χ0n) is 16.5. The molecule has 2 atom stereocenters. The lowest BCUT2D eigenvalue weighted by Gasteiger charge is -2.32. The number of anilines is 1. The summed E-state index contributed by atoms with van der Waals surface area (Å²) in [6.07, 6.45) is 0.356. The van der Waals surface area contributed by atoms with Crippen LogP contribution in [-0.2, 0) is 13.0 Å². The number of ether oxygens (including phenoxy) is 1. The van der Waals surface area contributed by atoms with Crippen molar-refractivity contribution in [2.24, 2.45) is 0 Å². The largest absolute Gasteiger partial charge is 0.489 e. The molecule has 3 aromatic carbocycles. The van der Waals surface area contributed by atoms with Crippen molar-refractivity contribution < 1.29 is 9.84 Å². The van der Waals surface area contributed by atoms with E-state index in [2.05, 4.69) is 61.2 Å². The van der Waals surface area contributed by atoms with E-state index < -0.39 is 6.10 Å². The fourth-order valence-corrected chi connectivity index (χ4v) is 3.89. The fourth-order valence-electron chi connectivity index (χ4n) is 3.89. The molecular formula is C25H27NO2. The second-order valence-electron chi connectivity index (χ2n) is 7.60. The SMILES string of the molecule is Cc1ccc(N2CCc3cc(OCc4ccccc4)ccc3[C@@H](O)[C@H]2C)cc1. The summed E-state index contributed by atoms with van der Waals surface area (Å²) in [6, 6.07) is 24.8. The fraction of sp³-hybridized carbons (Fsp3) is 0.280. The molecule has 0 fully saturated rings. The van der Waals surface area contributed by atoms with Crippen LogP contribution in [-0.4, -0.2) is 17.7 Å². The lowest BCUT2D eigenvalue weighted by Crippen LogP contribution is -2.37. The Hall–Kier alpha value is -2.78. The molecule has 4 rings (SSSR count). The summed E-state index contributed by atoms with van der Waals surface area (Å²) in [5, 5.41) is 11.0. The number of hydrogen-bond donors (Lipinski definition) is 1. The standard InChI is InChI=1S/C25H27NO2/c1-18-8-10-22(11-9-18)26-15-14-21-16-23(12-13-24(21)25(27)19(26)2)28-17-20-6-4-3-5-7-20/h3-13,16,19,25,27H,14-15,17H2,1-2H3/t19-,25+/m1/s1. The number of aryl methyl sites for hydroxylation is 1. The molecule has 1 aliphatic rings. The molecule has 3 heteroatoms. The van der Waals surface area contributed by atoms with Crippen LogP contribution in [0.15, 0.2) is 72.8 Å². The minimum Gasteiger partial charge on any atom is -0.489 e. The molecule has 0 saturated carbocycles. The first-order valence-electron chi connectivity index (χ1n) is 9.93. The van der Waals surface area contributed by atoms with Crippen LogP contribution in [0.2, 0.25) is 0 Å². The van der Waals surface area contributed by atoms with Gasteiger partial charge in [0, 0.05) is 12.2 Å². The van der Waals surface area contributed by atoms with Gasteiger partial charge in [-0.05, 0) is 61.2 Å². The van der Waals surface area contributed by atoms with Gasteiger partial charge in [-0.15, -0.1) is 0 Å². The molecule has 1 N–H and O–H groups in total. The Kier molecular flexibility index (Phi) is 5.36. The monoisotopic (exact) mass is 373 g/mol. The second kappa shape index (κ2) is 8.07. The molecule has 0 aliphatic carbocycles. The van der Waals surface area contributed by atoms with Gasteiger partial charge in [-0.3, -0.25) is 0 Å². The molecule has 0 unspecified atom stereocenters. The number of benzene rings is 3. The van der Waals surface area contributed by atoms with Gasteiger partial charge in [0.05, 0.1) is 12.1 Å². The first-order chi connectivity index (χ1) is 13.6. The molecule has 0 spiro atoms. The summed E-state index contributed by atoms with van der Waals surface area (Å²) in [6.45, 7) is 5.61. The smallest absolute Gasteiger partial charge is 0.120 e. The van der Waals surface area contributed by atoms with Gasteiger partial charge >= 0.3 is 0 Å². The zero-order valence-corrected chi connectivity index (χ0v) is 16.5. The number of rotatable bonds is 4. The van der Waals surface area contributed by atoms with Crippen LogP contribution in [0.3, 0.4) is 0 Å². The van der Waals surface area contributed by atoms with Crippen LogP contribution >= 0.6 is 0 Å². The van der Waals surface area contributed by atoms with Crippen molar-refractivity contribution >= 4 is 5.69 Å². The molecule has 3 nitrogen and oxygen atoms in total.